The zero-order valence-electron chi connectivity index (χ0n) is 14.7. The molecule has 0 saturated heterocycles. The minimum atomic E-state index is -0.0326. The summed E-state index contributed by atoms with van der Waals surface area (Å²) >= 11 is 0. The summed E-state index contributed by atoms with van der Waals surface area (Å²) in [5, 5.41) is 7.86. The minimum absolute atomic E-state index is 0.0326. The van der Waals surface area contributed by atoms with Gasteiger partial charge in [0.25, 0.3) is 5.91 Å². The van der Waals surface area contributed by atoms with Crippen molar-refractivity contribution in [2.24, 2.45) is 0 Å². The van der Waals surface area contributed by atoms with E-state index in [1.165, 1.54) is 11.8 Å². The lowest BCUT2D eigenvalue weighted by molar-refractivity contribution is 0.0986. The van der Waals surface area contributed by atoms with Gasteiger partial charge in [0.1, 0.15) is 0 Å². The summed E-state index contributed by atoms with van der Waals surface area (Å²) in [7, 11) is 0. The number of carbonyl (C=O) groups excluding carboxylic acids is 1. The summed E-state index contributed by atoms with van der Waals surface area (Å²) in [5.41, 5.74) is 4.59. The summed E-state index contributed by atoms with van der Waals surface area (Å²) in [6.07, 6.45) is 1.54. The zero-order valence-corrected chi connectivity index (χ0v) is 14.7. The Morgan fingerprint density at radius 1 is 1.00 bits per heavy atom. The molecule has 1 aliphatic heterocycles. The van der Waals surface area contributed by atoms with Crippen LogP contribution in [-0.2, 0) is 6.54 Å². The van der Waals surface area contributed by atoms with Gasteiger partial charge in [-0.1, -0.05) is 42.5 Å². The fourth-order valence-corrected chi connectivity index (χ4v) is 3.35. The molecule has 2 aromatic carbocycles. The monoisotopic (exact) mass is 344 g/mol. The molecule has 0 radical (unpaired) electrons. The van der Waals surface area contributed by atoms with Gasteiger partial charge in [0.05, 0.1) is 28.8 Å². The van der Waals surface area contributed by atoms with Crippen LogP contribution >= 0.6 is 0 Å². The highest BCUT2D eigenvalue weighted by molar-refractivity contribution is 6.08. The standard InChI is InChI=1S/C21H20N4O/c1-16-13-18(14-22-23-16)21(26)25-12-11-24(15-17-7-3-2-4-8-17)19-9-5-6-10-20(19)25/h2-10,13-14H,11-12,15H2,1H3. The molecule has 1 aliphatic rings. The zero-order chi connectivity index (χ0) is 17.9. The fourth-order valence-electron chi connectivity index (χ4n) is 3.35. The van der Waals surface area contributed by atoms with Crippen LogP contribution in [0, 0.1) is 6.92 Å². The number of para-hydroxylation sites is 2. The van der Waals surface area contributed by atoms with Crippen molar-refractivity contribution >= 4 is 17.3 Å². The maximum atomic E-state index is 13.0. The second kappa shape index (κ2) is 6.96. The normalized spacial score (nSPS) is 13.4. The van der Waals surface area contributed by atoms with Crippen molar-refractivity contribution in [3.8, 4) is 0 Å². The van der Waals surface area contributed by atoms with E-state index in [-0.39, 0.29) is 5.91 Å². The van der Waals surface area contributed by atoms with Crippen LogP contribution in [0.3, 0.4) is 0 Å². The number of aromatic nitrogens is 2. The number of aryl methyl sites for hydroxylation is 1. The van der Waals surface area contributed by atoms with Crippen LogP contribution in [0.5, 0.6) is 0 Å². The van der Waals surface area contributed by atoms with E-state index in [0.717, 1.165) is 30.2 Å². The number of carbonyl (C=O) groups is 1. The van der Waals surface area contributed by atoms with E-state index in [1.54, 1.807) is 6.07 Å². The largest absolute Gasteiger partial charge is 0.364 e. The molecule has 0 saturated carbocycles. The summed E-state index contributed by atoms with van der Waals surface area (Å²) < 4.78 is 0. The molecular weight excluding hydrogens is 324 g/mol. The third-order valence-electron chi connectivity index (χ3n) is 4.59. The average Bonchev–Trinajstić information content (AvgIpc) is 2.68. The quantitative estimate of drug-likeness (QED) is 0.730. The van der Waals surface area contributed by atoms with Crippen LogP contribution in [0.15, 0.2) is 66.9 Å². The highest BCUT2D eigenvalue weighted by atomic mass is 16.2. The third kappa shape index (κ3) is 3.16. The summed E-state index contributed by atoms with van der Waals surface area (Å²) in [5.74, 6) is -0.0326. The molecule has 1 amide bonds. The first-order valence-electron chi connectivity index (χ1n) is 8.71. The van der Waals surface area contributed by atoms with Gasteiger partial charge in [0.2, 0.25) is 0 Å². The molecule has 0 N–H and O–H groups in total. The number of nitrogens with zero attached hydrogens (tertiary/aromatic N) is 4. The lowest BCUT2D eigenvalue weighted by Gasteiger charge is -2.37. The first kappa shape index (κ1) is 16.3. The maximum Gasteiger partial charge on any atom is 0.260 e. The van der Waals surface area contributed by atoms with Crippen LogP contribution in [0.2, 0.25) is 0 Å². The Labute approximate surface area is 152 Å². The highest BCUT2D eigenvalue weighted by Crippen LogP contribution is 2.34. The van der Waals surface area contributed by atoms with Crippen molar-refractivity contribution in [1.82, 2.24) is 10.2 Å². The Morgan fingerprint density at radius 2 is 1.73 bits per heavy atom. The van der Waals surface area contributed by atoms with E-state index in [2.05, 4.69) is 45.4 Å². The summed E-state index contributed by atoms with van der Waals surface area (Å²) in [4.78, 5) is 17.2. The second-order valence-corrected chi connectivity index (χ2v) is 6.44. The van der Waals surface area contributed by atoms with Gasteiger partial charge in [-0.15, -0.1) is 0 Å². The topological polar surface area (TPSA) is 49.3 Å². The van der Waals surface area contributed by atoms with E-state index in [0.29, 0.717) is 12.1 Å². The van der Waals surface area contributed by atoms with Crippen molar-refractivity contribution in [2.75, 3.05) is 22.9 Å². The van der Waals surface area contributed by atoms with Crippen LogP contribution in [0.4, 0.5) is 11.4 Å². The molecule has 0 aliphatic carbocycles. The minimum Gasteiger partial charge on any atom is -0.364 e. The van der Waals surface area contributed by atoms with Crippen LogP contribution < -0.4 is 9.80 Å². The molecule has 2 heterocycles. The van der Waals surface area contributed by atoms with Gasteiger partial charge in [-0.2, -0.15) is 10.2 Å². The van der Waals surface area contributed by atoms with Gasteiger partial charge in [0, 0.05) is 19.6 Å². The average molecular weight is 344 g/mol. The molecule has 5 nitrogen and oxygen atoms in total. The van der Waals surface area contributed by atoms with Crippen molar-refractivity contribution in [3.63, 3.8) is 0 Å². The van der Waals surface area contributed by atoms with Gasteiger partial charge >= 0.3 is 0 Å². The first-order chi connectivity index (χ1) is 12.7. The first-order valence-corrected chi connectivity index (χ1v) is 8.71. The predicted molar refractivity (Wildman–Crippen MR) is 102 cm³/mol. The highest BCUT2D eigenvalue weighted by Gasteiger charge is 2.27. The van der Waals surface area contributed by atoms with Crippen molar-refractivity contribution in [3.05, 3.63) is 83.7 Å². The Hall–Kier alpha value is -3.21. The van der Waals surface area contributed by atoms with E-state index in [1.807, 2.05) is 36.1 Å². The van der Waals surface area contributed by atoms with E-state index in [4.69, 9.17) is 0 Å². The molecule has 0 unspecified atom stereocenters. The van der Waals surface area contributed by atoms with Crippen molar-refractivity contribution < 1.29 is 4.79 Å². The molecule has 3 aromatic rings. The summed E-state index contributed by atoms with van der Waals surface area (Å²) in [6, 6.07) is 20.3. The smallest absolute Gasteiger partial charge is 0.260 e. The molecule has 4 rings (SSSR count). The molecule has 5 heteroatoms. The number of hydrogen-bond acceptors (Lipinski definition) is 4. The van der Waals surface area contributed by atoms with Crippen LogP contribution in [0.25, 0.3) is 0 Å². The van der Waals surface area contributed by atoms with E-state index < -0.39 is 0 Å². The van der Waals surface area contributed by atoms with Crippen molar-refractivity contribution in [2.45, 2.75) is 13.5 Å². The molecular formula is C21H20N4O. The number of rotatable bonds is 3. The Balaban J connectivity index is 1.64. The number of hydrogen-bond donors (Lipinski definition) is 0. The number of anilines is 2. The fraction of sp³-hybridized carbons (Fsp3) is 0.190. The van der Waals surface area contributed by atoms with Crippen LogP contribution in [-0.4, -0.2) is 29.2 Å². The molecule has 130 valence electrons. The molecule has 0 bridgehead atoms. The second-order valence-electron chi connectivity index (χ2n) is 6.44. The lowest BCUT2D eigenvalue weighted by atomic mass is 10.1. The molecule has 0 spiro atoms. The summed E-state index contributed by atoms with van der Waals surface area (Å²) in [6.45, 7) is 4.10. The van der Waals surface area contributed by atoms with Gasteiger partial charge < -0.3 is 9.80 Å². The molecule has 0 fully saturated rings. The molecule has 1 aromatic heterocycles. The number of fused-ring (bicyclic) bond motifs is 1. The predicted octanol–water partition coefficient (Wildman–Crippen LogP) is 3.45. The maximum absolute atomic E-state index is 13.0. The van der Waals surface area contributed by atoms with Gasteiger partial charge in [0.15, 0.2) is 0 Å². The Bertz CT molecular complexity index is 926. The Morgan fingerprint density at radius 3 is 2.50 bits per heavy atom. The molecule has 26 heavy (non-hydrogen) atoms. The van der Waals surface area contributed by atoms with Gasteiger partial charge in [-0.05, 0) is 30.7 Å². The van der Waals surface area contributed by atoms with Gasteiger partial charge in [-0.25, -0.2) is 0 Å². The third-order valence-corrected chi connectivity index (χ3v) is 4.59. The Kier molecular flexibility index (Phi) is 4.35. The molecule has 0 atom stereocenters. The number of benzene rings is 2. The van der Waals surface area contributed by atoms with Crippen molar-refractivity contribution in [1.29, 1.82) is 0 Å². The van der Waals surface area contributed by atoms with Gasteiger partial charge in [-0.3, -0.25) is 4.79 Å². The SMILES string of the molecule is Cc1cc(C(=O)N2CCN(Cc3ccccc3)c3ccccc32)cnn1. The van der Waals surface area contributed by atoms with Crippen LogP contribution in [0.1, 0.15) is 21.6 Å². The van der Waals surface area contributed by atoms with E-state index in [9.17, 15) is 4.79 Å². The lowest BCUT2D eigenvalue weighted by Crippen LogP contribution is -2.44. The number of amides is 1. The van der Waals surface area contributed by atoms with E-state index >= 15 is 0 Å².